The third kappa shape index (κ3) is 16.4. The summed E-state index contributed by atoms with van der Waals surface area (Å²) in [6.07, 6.45) is 3.23. The van der Waals surface area contributed by atoms with Crippen molar-refractivity contribution in [3.8, 4) is 5.75 Å². The summed E-state index contributed by atoms with van der Waals surface area (Å²) in [5, 5.41) is 34.7. The molecule has 58 heavy (non-hydrogen) atoms. The SMILES string of the molecule is CC[C@H](C)[C@@H](NC(=O)[C@@H](Cc1ccc(O)cc1)NC(=O)[C@H]1CCCN1C(=O)[C@@H](CCCN=C(N)N)NC(=O)[C@H](CCCCBr)N=[N+]=[N-])C(=O)N[C@H](CC(C)C)C(=O)O. The van der Waals surface area contributed by atoms with Crippen molar-refractivity contribution in [3.05, 3.63) is 40.3 Å². The number of alkyl halides is 1. The summed E-state index contributed by atoms with van der Waals surface area (Å²) in [6, 6.07) is -0.814. The molecule has 0 aliphatic carbocycles. The first-order valence-corrected chi connectivity index (χ1v) is 20.8. The fourth-order valence-corrected chi connectivity index (χ4v) is 6.92. The van der Waals surface area contributed by atoms with Crippen LogP contribution >= 0.6 is 15.9 Å². The number of carbonyl (C=O) groups is 6. The Kier molecular flexibility index (Phi) is 21.4. The van der Waals surface area contributed by atoms with Crippen molar-refractivity contribution < 1.29 is 39.0 Å². The van der Waals surface area contributed by atoms with E-state index in [2.05, 4.69) is 52.2 Å². The first-order valence-electron chi connectivity index (χ1n) is 19.7. The van der Waals surface area contributed by atoms with Gasteiger partial charge in [0.25, 0.3) is 0 Å². The molecule has 1 aromatic rings. The van der Waals surface area contributed by atoms with Gasteiger partial charge in [-0.3, -0.25) is 29.0 Å². The number of rotatable bonds is 25. The van der Waals surface area contributed by atoms with Crippen molar-refractivity contribution in [2.75, 3.05) is 18.4 Å². The van der Waals surface area contributed by atoms with Crippen LogP contribution < -0.4 is 32.7 Å². The highest BCUT2D eigenvalue weighted by molar-refractivity contribution is 9.09. The number of halogens is 1. The third-order valence-electron chi connectivity index (χ3n) is 9.88. The van der Waals surface area contributed by atoms with Crippen LogP contribution in [0.3, 0.4) is 0 Å². The maximum Gasteiger partial charge on any atom is 0.326 e. The van der Waals surface area contributed by atoms with Crippen molar-refractivity contribution in [2.45, 2.75) is 128 Å². The second kappa shape index (κ2) is 25.3. The van der Waals surface area contributed by atoms with Crippen LogP contribution in [0.15, 0.2) is 34.4 Å². The van der Waals surface area contributed by atoms with E-state index in [9.17, 15) is 39.0 Å². The van der Waals surface area contributed by atoms with Crippen LogP contribution in [0, 0.1) is 11.8 Å². The fraction of sp³-hybridized carbons (Fsp3) is 0.658. The molecular weight excluding hydrogens is 818 g/mol. The molecule has 0 radical (unpaired) electrons. The van der Waals surface area contributed by atoms with Gasteiger partial charge in [-0.15, -0.1) is 0 Å². The van der Waals surface area contributed by atoms with Crippen molar-refractivity contribution >= 4 is 57.4 Å². The number of carboxylic acids is 1. The van der Waals surface area contributed by atoms with Gasteiger partial charge in [-0.1, -0.05) is 73.7 Å². The number of azide groups is 1. The van der Waals surface area contributed by atoms with Gasteiger partial charge in [-0.25, -0.2) is 4.79 Å². The zero-order valence-electron chi connectivity index (χ0n) is 33.7. The average molecular weight is 879 g/mol. The highest BCUT2D eigenvalue weighted by Crippen LogP contribution is 2.22. The Hall–Kier alpha value is -5.10. The van der Waals surface area contributed by atoms with Gasteiger partial charge in [0, 0.05) is 29.8 Å². The highest BCUT2D eigenvalue weighted by Gasteiger charge is 2.40. The van der Waals surface area contributed by atoms with Crippen molar-refractivity contribution in [1.29, 1.82) is 0 Å². The van der Waals surface area contributed by atoms with E-state index in [4.69, 9.17) is 17.0 Å². The Labute approximate surface area is 347 Å². The molecule has 5 amide bonds. The van der Waals surface area contributed by atoms with Gasteiger partial charge < -0.3 is 47.8 Å². The van der Waals surface area contributed by atoms with Crippen molar-refractivity contribution in [3.63, 3.8) is 0 Å². The number of carboxylic acid groups (broad SMARTS) is 1. The number of nitrogens with zero attached hydrogens (tertiary/aromatic N) is 5. The molecule has 0 unspecified atom stereocenters. The molecule has 1 saturated heterocycles. The summed E-state index contributed by atoms with van der Waals surface area (Å²) in [5.41, 5.74) is 20.6. The van der Waals surface area contributed by atoms with Crippen LogP contribution in [0.25, 0.3) is 10.4 Å². The third-order valence-corrected chi connectivity index (χ3v) is 10.4. The lowest BCUT2D eigenvalue weighted by Crippen LogP contribution is -2.60. The minimum absolute atomic E-state index is 0.0126. The minimum atomic E-state index is -1.26. The Morgan fingerprint density at radius 2 is 1.60 bits per heavy atom. The molecule has 1 heterocycles. The number of likely N-dealkylation sites (tertiary alicyclic amines) is 1. The molecule has 1 fully saturated rings. The zero-order chi connectivity index (χ0) is 43.4. The van der Waals surface area contributed by atoms with E-state index in [0.29, 0.717) is 36.6 Å². The van der Waals surface area contributed by atoms with Gasteiger partial charge >= 0.3 is 5.97 Å². The first kappa shape index (κ1) is 49.0. The molecule has 0 bridgehead atoms. The van der Waals surface area contributed by atoms with Crippen LogP contribution in [0.5, 0.6) is 5.75 Å². The number of hydrogen-bond donors (Lipinski definition) is 8. The van der Waals surface area contributed by atoms with E-state index in [1.165, 1.54) is 17.0 Å². The highest BCUT2D eigenvalue weighted by atomic mass is 79.9. The van der Waals surface area contributed by atoms with E-state index < -0.39 is 77.7 Å². The van der Waals surface area contributed by atoms with E-state index in [1.807, 2.05) is 20.8 Å². The summed E-state index contributed by atoms with van der Waals surface area (Å²) in [7, 11) is 0. The number of carbonyl (C=O) groups excluding carboxylic acids is 5. The molecule has 7 atom stereocenters. The molecule has 1 aliphatic heterocycles. The molecular formula is C38H60BrN11O8. The Bertz CT molecular complexity index is 1620. The summed E-state index contributed by atoms with van der Waals surface area (Å²) in [5.74, 6) is -5.07. The van der Waals surface area contributed by atoms with E-state index in [0.717, 1.165) is 6.42 Å². The molecule has 322 valence electrons. The molecule has 19 nitrogen and oxygen atoms in total. The van der Waals surface area contributed by atoms with E-state index in [-0.39, 0.29) is 62.8 Å². The Balaban J connectivity index is 2.40. The number of amides is 5. The van der Waals surface area contributed by atoms with E-state index >= 15 is 0 Å². The molecule has 0 saturated carbocycles. The number of aromatic hydroxyl groups is 1. The summed E-state index contributed by atoms with van der Waals surface area (Å²) >= 11 is 3.34. The summed E-state index contributed by atoms with van der Waals surface area (Å²) in [4.78, 5) is 89.3. The number of hydrogen-bond acceptors (Lipinski definition) is 9. The monoisotopic (exact) mass is 877 g/mol. The van der Waals surface area contributed by atoms with Gasteiger partial charge in [-0.2, -0.15) is 0 Å². The van der Waals surface area contributed by atoms with Crippen molar-refractivity contribution in [1.82, 2.24) is 26.2 Å². The zero-order valence-corrected chi connectivity index (χ0v) is 35.3. The van der Waals surface area contributed by atoms with Gasteiger partial charge in [0.2, 0.25) is 29.5 Å². The largest absolute Gasteiger partial charge is 0.508 e. The fourth-order valence-electron chi connectivity index (χ4n) is 6.52. The molecule has 10 N–H and O–H groups in total. The normalized spacial score (nSPS) is 16.7. The standard InChI is InChI=1S/C38H60BrN11O8/c1-5-23(4)31(35(55)46-29(37(57)58)20-22(2)3)47-33(53)28(21-24-13-15-25(51)16-14-24)45-34(54)30-12-9-19-50(30)36(56)27(11-8-18-43-38(40)41)44-32(52)26(48-49-42)10-6-7-17-39/h13-16,22-23,26-31,51H,5-12,17-21H2,1-4H3,(H,44,52)(H,45,54)(H,46,55)(H,47,53)(H,57,58)(H4,40,41,43)/t23-,26-,27+,28+,29+,30+,31+/m0/s1. The quantitative estimate of drug-likeness (QED) is 0.0135. The number of aliphatic imine (C=N–C) groups is 1. The topological polar surface area (TPSA) is 307 Å². The number of aliphatic carboxylic acids is 1. The number of benzene rings is 1. The van der Waals surface area contributed by atoms with Gasteiger partial charge in [-0.05, 0) is 80.0 Å². The number of phenols is 1. The maximum absolute atomic E-state index is 14.2. The van der Waals surface area contributed by atoms with Crippen LogP contribution in [-0.4, -0.2) is 111 Å². The second-order valence-electron chi connectivity index (χ2n) is 14.9. The summed E-state index contributed by atoms with van der Waals surface area (Å²) in [6.45, 7) is 7.55. The number of guanidine groups is 1. The van der Waals surface area contributed by atoms with Crippen LogP contribution in [0.2, 0.25) is 0 Å². The first-order chi connectivity index (χ1) is 27.5. The van der Waals surface area contributed by atoms with Crippen LogP contribution in [-0.2, 0) is 35.2 Å². The van der Waals surface area contributed by atoms with Crippen LogP contribution in [0.1, 0.15) is 91.0 Å². The molecule has 1 aromatic carbocycles. The lowest BCUT2D eigenvalue weighted by molar-refractivity contribution is -0.143. The maximum atomic E-state index is 14.2. The molecule has 20 heteroatoms. The Morgan fingerprint density at radius 1 is 0.931 bits per heavy atom. The van der Waals surface area contributed by atoms with Gasteiger partial charge in [0.1, 0.15) is 42.0 Å². The Morgan fingerprint density at radius 3 is 2.19 bits per heavy atom. The number of nitrogens with two attached hydrogens (primary N) is 2. The molecule has 0 spiro atoms. The lowest BCUT2D eigenvalue weighted by Gasteiger charge is -2.31. The predicted octanol–water partition coefficient (Wildman–Crippen LogP) is 2.34. The van der Waals surface area contributed by atoms with Gasteiger partial charge in [0.15, 0.2) is 5.96 Å². The van der Waals surface area contributed by atoms with Gasteiger partial charge in [0.05, 0.1) is 0 Å². The van der Waals surface area contributed by atoms with Crippen molar-refractivity contribution in [2.24, 2.45) is 33.4 Å². The number of unbranched alkanes of at least 4 members (excludes halogenated alkanes) is 1. The molecule has 0 aromatic heterocycles. The average Bonchev–Trinajstić information content (AvgIpc) is 3.67. The second-order valence-corrected chi connectivity index (χ2v) is 15.7. The lowest BCUT2D eigenvalue weighted by atomic mass is 9.96. The summed E-state index contributed by atoms with van der Waals surface area (Å²) < 4.78 is 0. The smallest absolute Gasteiger partial charge is 0.326 e. The minimum Gasteiger partial charge on any atom is -0.508 e. The molecule has 2 rings (SSSR count). The van der Waals surface area contributed by atoms with Crippen LogP contribution in [0.4, 0.5) is 0 Å². The van der Waals surface area contributed by atoms with E-state index in [1.54, 1.807) is 19.1 Å². The molecule has 1 aliphatic rings. The number of phenolic OH excluding ortho intramolecular Hbond substituents is 1. The predicted molar refractivity (Wildman–Crippen MR) is 221 cm³/mol. The number of nitrogens with one attached hydrogen (secondary N) is 4.